The first kappa shape index (κ1) is 24.6. The number of anilines is 1. The van der Waals surface area contributed by atoms with E-state index in [2.05, 4.69) is 57.4 Å². The Kier molecular flexibility index (Phi) is 7.77. The molecular formula is C27H37N7O2. The fourth-order valence-electron chi connectivity index (χ4n) is 5.07. The molecule has 3 aromatic rings. The van der Waals surface area contributed by atoms with Crippen molar-refractivity contribution in [3.8, 4) is 0 Å². The minimum absolute atomic E-state index is 0.0638. The number of likely N-dealkylation sites (tertiary alicyclic amines) is 1. The van der Waals surface area contributed by atoms with E-state index in [1.807, 2.05) is 12.1 Å². The molecule has 2 fully saturated rings. The molecule has 9 nitrogen and oxygen atoms in total. The number of hydrogen-bond acceptors (Lipinski definition) is 7. The number of morpholine rings is 1. The summed E-state index contributed by atoms with van der Waals surface area (Å²) < 4.78 is 7.21. The van der Waals surface area contributed by atoms with E-state index in [1.165, 1.54) is 16.7 Å². The molecule has 1 aromatic carbocycles. The van der Waals surface area contributed by atoms with Gasteiger partial charge in [0.1, 0.15) is 5.82 Å². The quantitative estimate of drug-likeness (QED) is 0.518. The molecule has 1 N–H and O–H groups in total. The van der Waals surface area contributed by atoms with Crippen LogP contribution < -0.4 is 10.2 Å². The summed E-state index contributed by atoms with van der Waals surface area (Å²) in [6.45, 7) is 11.3. The van der Waals surface area contributed by atoms with E-state index < -0.39 is 0 Å². The highest BCUT2D eigenvalue weighted by atomic mass is 16.5. The van der Waals surface area contributed by atoms with Crippen molar-refractivity contribution in [2.75, 3.05) is 50.8 Å². The number of rotatable bonds is 8. The lowest BCUT2D eigenvalue weighted by Crippen LogP contribution is -2.38. The van der Waals surface area contributed by atoms with Crippen molar-refractivity contribution >= 4 is 17.4 Å². The summed E-state index contributed by atoms with van der Waals surface area (Å²) in [6.07, 6.45) is 3.14. The Morgan fingerprint density at radius 1 is 1.06 bits per heavy atom. The van der Waals surface area contributed by atoms with Crippen LogP contribution >= 0.6 is 0 Å². The van der Waals surface area contributed by atoms with Gasteiger partial charge in [-0.05, 0) is 69.0 Å². The minimum Gasteiger partial charge on any atom is -0.378 e. The van der Waals surface area contributed by atoms with Gasteiger partial charge in [0.05, 0.1) is 13.2 Å². The highest BCUT2D eigenvalue weighted by molar-refractivity contribution is 5.76. The molecule has 9 heteroatoms. The summed E-state index contributed by atoms with van der Waals surface area (Å²) in [6, 6.07) is 10.6. The predicted octanol–water partition coefficient (Wildman–Crippen LogP) is 2.54. The summed E-state index contributed by atoms with van der Waals surface area (Å²) in [5.41, 5.74) is 4.81. The van der Waals surface area contributed by atoms with Crippen molar-refractivity contribution in [3.05, 3.63) is 52.8 Å². The lowest BCUT2D eigenvalue weighted by Gasteiger charge is -2.32. The number of nitrogens with one attached hydrogen (secondary N) is 1. The average molecular weight is 492 g/mol. The summed E-state index contributed by atoms with van der Waals surface area (Å²) in [5, 5.41) is 16.4. The van der Waals surface area contributed by atoms with Crippen LogP contribution in [0.1, 0.15) is 41.8 Å². The summed E-state index contributed by atoms with van der Waals surface area (Å²) in [7, 11) is 0. The molecule has 0 aliphatic carbocycles. The maximum Gasteiger partial charge on any atom is 0.220 e. The van der Waals surface area contributed by atoms with Gasteiger partial charge >= 0.3 is 0 Å². The molecule has 4 heterocycles. The largest absolute Gasteiger partial charge is 0.378 e. The Labute approximate surface area is 212 Å². The van der Waals surface area contributed by atoms with Crippen molar-refractivity contribution in [3.63, 3.8) is 0 Å². The van der Waals surface area contributed by atoms with Gasteiger partial charge in [-0.1, -0.05) is 23.8 Å². The molecule has 192 valence electrons. The van der Waals surface area contributed by atoms with Gasteiger partial charge in [0.2, 0.25) is 5.91 Å². The number of ether oxygens (including phenoxy) is 1. The average Bonchev–Trinajstić information content (AvgIpc) is 3.32. The second-order valence-electron chi connectivity index (χ2n) is 10.1. The van der Waals surface area contributed by atoms with Gasteiger partial charge in [-0.2, -0.15) is 4.52 Å². The molecule has 0 unspecified atom stereocenters. The first-order valence-electron chi connectivity index (χ1n) is 13.1. The molecule has 2 saturated heterocycles. The lowest BCUT2D eigenvalue weighted by molar-refractivity contribution is -0.121. The maximum absolute atomic E-state index is 12.6. The lowest BCUT2D eigenvalue weighted by atomic mass is 9.95. The van der Waals surface area contributed by atoms with Crippen molar-refractivity contribution in [1.29, 1.82) is 0 Å². The van der Waals surface area contributed by atoms with E-state index in [1.54, 1.807) is 4.52 Å². The topological polar surface area (TPSA) is 87.9 Å². The van der Waals surface area contributed by atoms with Crippen molar-refractivity contribution in [2.45, 2.75) is 46.1 Å². The SMILES string of the molecule is Cc1ccc(C)c(CN2CCC(CNC(=O)CCc3nnc4ccc(N5CCOCC5)nn34)CC2)c1. The Bertz CT molecular complexity index is 1180. The van der Waals surface area contributed by atoms with Crippen LogP contribution in [0.5, 0.6) is 0 Å². The van der Waals surface area contributed by atoms with Crippen LogP contribution in [0, 0.1) is 19.8 Å². The molecule has 2 aliphatic rings. The monoisotopic (exact) mass is 491 g/mol. The number of hydrogen-bond donors (Lipinski definition) is 1. The van der Waals surface area contributed by atoms with Gasteiger partial charge in [-0.3, -0.25) is 9.69 Å². The van der Waals surface area contributed by atoms with Crippen LogP contribution in [0.2, 0.25) is 0 Å². The predicted molar refractivity (Wildman–Crippen MR) is 139 cm³/mol. The third kappa shape index (κ3) is 6.02. The van der Waals surface area contributed by atoms with E-state index >= 15 is 0 Å². The molecule has 5 rings (SSSR count). The van der Waals surface area contributed by atoms with Crippen LogP contribution in [-0.4, -0.2) is 76.6 Å². The molecule has 0 atom stereocenters. The number of amides is 1. The van der Waals surface area contributed by atoms with Crippen LogP contribution in [0.25, 0.3) is 5.65 Å². The highest BCUT2D eigenvalue weighted by Gasteiger charge is 2.21. The summed E-state index contributed by atoms with van der Waals surface area (Å²) in [5.74, 6) is 2.21. The molecule has 2 aliphatic heterocycles. The number of carbonyl (C=O) groups is 1. The number of nitrogens with zero attached hydrogens (tertiary/aromatic N) is 6. The molecule has 2 aromatic heterocycles. The zero-order valence-corrected chi connectivity index (χ0v) is 21.4. The van der Waals surface area contributed by atoms with Gasteiger partial charge < -0.3 is 15.0 Å². The first-order valence-corrected chi connectivity index (χ1v) is 13.1. The molecule has 0 bridgehead atoms. The molecule has 0 saturated carbocycles. The Morgan fingerprint density at radius 2 is 1.86 bits per heavy atom. The minimum atomic E-state index is 0.0638. The normalized spacial score (nSPS) is 17.6. The van der Waals surface area contributed by atoms with Gasteiger partial charge in [-0.25, -0.2) is 0 Å². The molecule has 0 spiro atoms. The number of carbonyl (C=O) groups excluding carboxylic acids is 1. The number of piperidine rings is 1. The third-order valence-electron chi connectivity index (χ3n) is 7.42. The zero-order chi connectivity index (χ0) is 24.9. The van der Waals surface area contributed by atoms with E-state index in [0.717, 1.165) is 63.8 Å². The van der Waals surface area contributed by atoms with Crippen LogP contribution in [0.15, 0.2) is 30.3 Å². The fourth-order valence-corrected chi connectivity index (χ4v) is 5.07. The van der Waals surface area contributed by atoms with Crippen molar-refractivity contribution in [1.82, 2.24) is 30.0 Å². The zero-order valence-electron chi connectivity index (χ0n) is 21.4. The Morgan fingerprint density at radius 3 is 2.67 bits per heavy atom. The molecule has 0 radical (unpaired) electrons. The second-order valence-corrected chi connectivity index (χ2v) is 10.1. The van der Waals surface area contributed by atoms with E-state index in [0.29, 0.717) is 37.6 Å². The number of benzene rings is 1. The number of aromatic nitrogens is 4. The fraction of sp³-hybridized carbons (Fsp3) is 0.556. The van der Waals surface area contributed by atoms with Gasteiger partial charge in [0, 0.05) is 39.0 Å². The van der Waals surface area contributed by atoms with Crippen LogP contribution in [-0.2, 0) is 22.5 Å². The number of fused-ring (bicyclic) bond motifs is 1. The second kappa shape index (κ2) is 11.3. The highest BCUT2D eigenvalue weighted by Crippen LogP contribution is 2.21. The first-order chi connectivity index (χ1) is 17.5. The Hall–Kier alpha value is -3.04. The van der Waals surface area contributed by atoms with E-state index in [4.69, 9.17) is 9.84 Å². The van der Waals surface area contributed by atoms with Crippen molar-refractivity contribution in [2.24, 2.45) is 5.92 Å². The third-order valence-corrected chi connectivity index (χ3v) is 7.42. The molecule has 36 heavy (non-hydrogen) atoms. The van der Waals surface area contributed by atoms with E-state index in [9.17, 15) is 4.79 Å². The molecule has 1 amide bonds. The van der Waals surface area contributed by atoms with Crippen LogP contribution in [0.3, 0.4) is 0 Å². The van der Waals surface area contributed by atoms with Crippen molar-refractivity contribution < 1.29 is 9.53 Å². The summed E-state index contributed by atoms with van der Waals surface area (Å²) >= 11 is 0. The van der Waals surface area contributed by atoms with E-state index in [-0.39, 0.29) is 5.91 Å². The smallest absolute Gasteiger partial charge is 0.220 e. The Balaban J connectivity index is 1.07. The standard InChI is InChI=1S/C27H37N7O2/c1-20-3-4-21(2)23(17-20)19-32-11-9-22(10-12-32)18-28-27(35)8-7-25-30-29-24-5-6-26(31-34(24)25)33-13-15-36-16-14-33/h3-6,17,22H,7-16,18-19H2,1-2H3,(H,28,35). The maximum atomic E-state index is 12.6. The number of aryl methyl sites for hydroxylation is 3. The van der Waals surface area contributed by atoms with Crippen LogP contribution in [0.4, 0.5) is 5.82 Å². The summed E-state index contributed by atoms with van der Waals surface area (Å²) in [4.78, 5) is 17.3. The van der Waals surface area contributed by atoms with Gasteiger partial charge in [-0.15, -0.1) is 15.3 Å². The molecular weight excluding hydrogens is 454 g/mol. The van der Waals surface area contributed by atoms with Gasteiger partial charge in [0.25, 0.3) is 0 Å². The van der Waals surface area contributed by atoms with Gasteiger partial charge in [0.15, 0.2) is 11.5 Å².